The van der Waals surface area contributed by atoms with E-state index < -0.39 is 0 Å². The number of nitrogens with two attached hydrogens (primary N) is 1. The van der Waals surface area contributed by atoms with E-state index in [1.165, 1.54) is 5.56 Å². The van der Waals surface area contributed by atoms with E-state index in [1.54, 1.807) is 0 Å². The monoisotopic (exact) mass is 297 g/mol. The summed E-state index contributed by atoms with van der Waals surface area (Å²) in [6, 6.07) is 16.7. The zero-order chi connectivity index (χ0) is 15.5. The molecule has 22 heavy (non-hydrogen) atoms. The number of hydrogen-bond acceptors (Lipinski definition) is 4. The van der Waals surface area contributed by atoms with Gasteiger partial charge in [0, 0.05) is 11.7 Å². The predicted octanol–water partition coefficient (Wildman–Crippen LogP) is 2.95. The Kier molecular flexibility index (Phi) is 4.32. The van der Waals surface area contributed by atoms with Gasteiger partial charge in [-0.3, -0.25) is 5.43 Å². The molecule has 0 spiro atoms. The molecule has 2 aromatic carbocycles. The van der Waals surface area contributed by atoms with Crippen molar-refractivity contribution in [2.45, 2.75) is 38.5 Å². The summed E-state index contributed by atoms with van der Waals surface area (Å²) in [6.45, 7) is 4.17. The van der Waals surface area contributed by atoms with Crippen molar-refractivity contribution in [3.05, 3.63) is 59.7 Å². The van der Waals surface area contributed by atoms with Crippen LogP contribution in [0.4, 0.5) is 5.69 Å². The fourth-order valence-electron chi connectivity index (χ4n) is 2.85. The third-order valence-corrected chi connectivity index (χ3v) is 4.22. The number of nitrogen functional groups attached to an aromatic ring is 1. The number of para-hydroxylation sites is 1. The minimum atomic E-state index is 0.0830. The van der Waals surface area contributed by atoms with E-state index in [4.69, 9.17) is 10.5 Å². The Balaban J connectivity index is 1.64. The van der Waals surface area contributed by atoms with E-state index in [9.17, 15) is 0 Å². The van der Waals surface area contributed by atoms with Crippen molar-refractivity contribution in [3.63, 3.8) is 0 Å². The highest BCUT2D eigenvalue weighted by atomic mass is 16.5. The molecule has 3 rings (SSSR count). The molecular formula is C18H23N3O. The molecule has 0 aliphatic carbocycles. The van der Waals surface area contributed by atoms with E-state index in [-0.39, 0.29) is 18.2 Å². The molecule has 1 fully saturated rings. The summed E-state index contributed by atoms with van der Waals surface area (Å²) in [7, 11) is 0. The van der Waals surface area contributed by atoms with Crippen molar-refractivity contribution < 1.29 is 4.74 Å². The molecule has 0 amide bonds. The lowest BCUT2D eigenvalue weighted by Crippen LogP contribution is -2.40. The normalized spacial score (nSPS) is 22.5. The molecule has 0 aromatic heterocycles. The lowest BCUT2D eigenvalue weighted by Gasteiger charge is -2.21. The first-order valence-corrected chi connectivity index (χ1v) is 7.72. The number of rotatable bonds is 4. The maximum absolute atomic E-state index is 6.11. The van der Waals surface area contributed by atoms with Crippen LogP contribution in [0, 0.1) is 6.92 Å². The Labute approximate surface area is 131 Å². The molecule has 0 saturated carbocycles. The van der Waals surface area contributed by atoms with Crippen LogP contribution >= 0.6 is 0 Å². The van der Waals surface area contributed by atoms with Crippen molar-refractivity contribution in [1.29, 1.82) is 0 Å². The van der Waals surface area contributed by atoms with Gasteiger partial charge in [-0.15, -0.1) is 0 Å². The maximum Gasteiger partial charge on any atom is 0.122 e. The second-order valence-corrected chi connectivity index (χ2v) is 5.94. The van der Waals surface area contributed by atoms with E-state index in [0.717, 1.165) is 23.4 Å². The highest BCUT2D eigenvalue weighted by molar-refractivity contribution is 5.42. The zero-order valence-corrected chi connectivity index (χ0v) is 13.0. The van der Waals surface area contributed by atoms with Gasteiger partial charge in [-0.1, -0.05) is 30.3 Å². The molecule has 1 saturated heterocycles. The van der Waals surface area contributed by atoms with Gasteiger partial charge in [0.25, 0.3) is 0 Å². The first-order chi connectivity index (χ1) is 10.6. The van der Waals surface area contributed by atoms with Gasteiger partial charge in [-0.2, -0.15) is 0 Å². The molecule has 4 heteroatoms. The minimum absolute atomic E-state index is 0.0830. The van der Waals surface area contributed by atoms with Crippen LogP contribution in [0.5, 0.6) is 5.75 Å². The number of aryl methyl sites for hydroxylation is 1. The lowest BCUT2D eigenvalue weighted by molar-refractivity contribution is 0.175. The molecule has 1 heterocycles. The molecular weight excluding hydrogens is 274 g/mol. The van der Waals surface area contributed by atoms with Gasteiger partial charge >= 0.3 is 0 Å². The standard InChI is InChI=1S/C18H23N3O/c1-12-6-3-4-9-18(12)22-13(2)16-11-17(21-20-16)14-7-5-8-15(19)10-14/h3-10,13,16-17,20-21H,11,19H2,1-2H3. The summed E-state index contributed by atoms with van der Waals surface area (Å²) in [6.07, 6.45) is 1.05. The minimum Gasteiger partial charge on any atom is -0.489 e. The quantitative estimate of drug-likeness (QED) is 0.759. The summed E-state index contributed by atoms with van der Waals surface area (Å²) in [5.41, 5.74) is 15.7. The van der Waals surface area contributed by atoms with Crippen LogP contribution in [0.2, 0.25) is 0 Å². The van der Waals surface area contributed by atoms with Crippen LogP contribution in [-0.4, -0.2) is 12.1 Å². The third kappa shape index (κ3) is 3.24. The highest BCUT2D eigenvalue weighted by Crippen LogP contribution is 2.27. The molecule has 4 nitrogen and oxygen atoms in total. The van der Waals surface area contributed by atoms with Gasteiger partial charge in [-0.25, -0.2) is 5.43 Å². The topological polar surface area (TPSA) is 59.3 Å². The van der Waals surface area contributed by atoms with Crippen LogP contribution in [0.25, 0.3) is 0 Å². The molecule has 0 radical (unpaired) electrons. The van der Waals surface area contributed by atoms with E-state index >= 15 is 0 Å². The Bertz CT molecular complexity index is 644. The van der Waals surface area contributed by atoms with Crippen LogP contribution in [0.3, 0.4) is 0 Å². The number of nitrogens with one attached hydrogen (secondary N) is 2. The van der Waals surface area contributed by atoms with Crippen molar-refractivity contribution in [3.8, 4) is 5.75 Å². The molecule has 3 atom stereocenters. The zero-order valence-electron chi connectivity index (χ0n) is 13.0. The Morgan fingerprint density at radius 3 is 2.73 bits per heavy atom. The molecule has 0 bridgehead atoms. The van der Waals surface area contributed by atoms with Crippen LogP contribution < -0.4 is 21.3 Å². The van der Waals surface area contributed by atoms with E-state index in [2.05, 4.69) is 36.8 Å². The summed E-state index contributed by atoms with van der Waals surface area (Å²) in [5.74, 6) is 0.948. The molecule has 116 valence electrons. The lowest BCUT2D eigenvalue weighted by atomic mass is 9.99. The average molecular weight is 297 g/mol. The van der Waals surface area contributed by atoms with E-state index in [1.807, 2.05) is 36.4 Å². The van der Waals surface area contributed by atoms with Crippen molar-refractivity contribution in [2.24, 2.45) is 0 Å². The summed E-state index contributed by atoms with van der Waals surface area (Å²) in [5, 5.41) is 0. The number of hydrogen-bond donors (Lipinski definition) is 3. The molecule has 4 N–H and O–H groups in total. The first-order valence-electron chi connectivity index (χ1n) is 7.72. The number of ether oxygens (including phenoxy) is 1. The SMILES string of the molecule is Cc1ccccc1OC(C)C1CC(c2cccc(N)c2)NN1. The Morgan fingerprint density at radius 1 is 1.14 bits per heavy atom. The van der Waals surface area contributed by atoms with Gasteiger partial charge in [0.05, 0.1) is 6.04 Å². The van der Waals surface area contributed by atoms with Gasteiger partial charge in [0.1, 0.15) is 11.9 Å². The summed E-state index contributed by atoms with van der Waals surface area (Å²) < 4.78 is 6.11. The van der Waals surface area contributed by atoms with Crippen LogP contribution in [0.15, 0.2) is 48.5 Å². The Hall–Kier alpha value is -2.04. The molecule has 2 aromatic rings. The van der Waals surface area contributed by atoms with Crippen molar-refractivity contribution in [1.82, 2.24) is 10.9 Å². The van der Waals surface area contributed by atoms with Crippen LogP contribution in [-0.2, 0) is 0 Å². The van der Waals surface area contributed by atoms with Gasteiger partial charge in [0.2, 0.25) is 0 Å². The fourth-order valence-corrected chi connectivity index (χ4v) is 2.85. The van der Waals surface area contributed by atoms with Crippen molar-refractivity contribution >= 4 is 5.69 Å². The second-order valence-electron chi connectivity index (χ2n) is 5.94. The maximum atomic E-state index is 6.11. The number of benzene rings is 2. The largest absolute Gasteiger partial charge is 0.489 e. The average Bonchev–Trinajstić information content (AvgIpc) is 2.99. The molecule has 3 unspecified atom stereocenters. The first kappa shape index (κ1) is 14.9. The third-order valence-electron chi connectivity index (χ3n) is 4.22. The van der Waals surface area contributed by atoms with Gasteiger partial charge < -0.3 is 10.5 Å². The van der Waals surface area contributed by atoms with Crippen LogP contribution in [0.1, 0.15) is 30.5 Å². The molecule has 1 aliphatic rings. The summed E-state index contributed by atoms with van der Waals surface area (Å²) >= 11 is 0. The van der Waals surface area contributed by atoms with Gasteiger partial charge in [-0.05, 0) is 49.6 Å². The summed E-state index contributed by atoms with van der Waals surface area (Å²) in [4.78, 5) is 0. The second kappa shape index (κ2) is 6.38. The predicted molar refractivity (Wildman–Crippen MR) is 89.5 cm³/mol. The van der Waals surface area contributed by atoms with E-state index in [0.29, 0.717) is 0 Å². The fraction of sp³-hybridized carbons (Fsp3) is 0.333. The smallest absolute Gasteiger partial charge is 0.122 e. The number of hydrazine groups is 1. The Morgan fingerprint density at radius 2 is 1.95 bits per heavy atom. The van der Waals surface area contributed by atoms with Crippen molar-refractivity contribution in [2.75, 3.05) is 5.73 Å². The molecule has 1 aliphatic heterocycles. The highest BCUT2D eigenvalue weighted by Gasteiger charge is 2.30. The number of anilines is 1. The van der Waals surface area contributed by atoms with Gasteiger partial charge in [0.15, 0.2) is 0 Å².